The van der Waals surface area contributed by atoms with E-state index in [9.17, 15) is 0 Å². The Hall–Kier alpha value is -0.180. The van der Waals surface area contributed by atoms with Crippen molar-refractivity contribution in [2.45, 2.75) is 0 Å². The topological polar surface area (TPSA) is 46.2 Å². The van der Waals surface area contributed by atoms with Gasteiger partial charge in [0.15, 0.2) is 0 Å². The molecule has 0 heterocycles. The van der Waals surface area contributed by atoms with Gasteiger partial charge in [-0.25, -0.2) is 0 Å². The maximum Gasteiger partial charge on any atom is 1.00 e. The Balaban J connectivity index is 0.000000640. The zero-order valence-corrected chi connectivity index (χ0v) is 7.33. The molecule has 0 saturated heterocycles. The molecular formula is C6H7NNaO+. The first-order chi connectivity index (χ1) is 3.79. The van der Waals surface area contributed by atoms with Crippen LogP contribution in [-0.4, -0.2) is 5.11 Å². The first-order valence-electron chi connectivity index (χ1n) is 2.33. The maximum atomic E-state index is 8.73. The Labute approximate surface area is 76.0 Å². The van der Waals surface area contributed by atoms with Crippen LogP contribution in [0.3, 0.4) is 0 Å². The van der Waals surface area contributed by atoms with E-state index in [1.165, 1.54) is 6.07 Å². The molecule has 0 amide bonds. The molecular weight excluding hydrogens is 125 g/mol. The summed E-state index contributed by atoms with van der Waals surface area (Å²) in [6.07, 6.45) is 0. The normalized spacial score (nSPS) is 8.00. The number of aromatic hydroxyl groups is 1. The van der Waals surface area contributed by atoms with E-state index in [-0.39, 0.29) is 35.3 Å². The molecule has 9 heavy (non-hydrogen) atoms. The number of phenols is 1. The molecule has 0 spiro atoms. The molecule has 1 aromatic carbocycles. The third-order valence-corrected chi connectivity index (χ3v) is 0.870. The van der Waals surface area contributed by atoms with E-state index < -0.39 is 0 Å². The monoisotopic (exact) mass is 132 g/mol. The third-order valence-electron chi connectivity index (χ3n) is 0.870. The van der Waals surface area contributed by atoms with Gasteiger partial charge in [0, 0.05) is 11.8 Å². The van der Waals surface area contributed by atoms with Crippen LogP contribution < -0.4 is 35.3 Å². The quantitative estimate of drug-likeness (QED) is 0.316. The molecule has 0 unspecified atom stereocenters. The van der Waals surface area contributed by atoms with Crippen LogP contribution in [0.15, 0.2) is 24.3 Å². The average Bonchev–Trinajstić information content (AvgIpc) is 1.64. The molecule has 42 valence electrons. The van der Waals surface area contributed by atoms with Gasteiger partial charge in [0.05, 0.1) is 0 Å². The van der Waals surface area contributed by atoms with Crippen molar-refractivity contribution in [3.05, 3.63) is 24.3 Å². The summed E-state index contributed by atoms with van der Waals surface area (Å²) in [6, 6.07) is 6.50. The Morgan fingerprint density at radius 2 is 2.00 bits per heavy atom. The number of hydrogen-bond donors (Lipinski definition) is 2. The molecule has 1 rings (SSSR count). The van der Waals surface area contributed by atoms with Gasteiger partial charge < -0.3 is 10.8 Å². The van der Waals surface area contributed by atoms with Gasteiger partial charge in [-0.1, -0.05) is 6.07 Å². The van der Waals surface area contributed by atoms with Gasteiger partial charge in [0.1, 0.15) is 5.75 Å². The molecule has 0 aliphatic heterocycles. The zero-order chi connectivity index (χ0) is 5.98. The number of hydrogen-bond acceptors (Lipinski definition) is 2. The minimum absolute atomic E-state index is 0. The molecule has 3 heteroatoms. The van der Waals surface area contributed by atoms with Crippen molar-refractivity contribution in [1.82, 2.24) is 0 Å². The largest absolute Gasteiger partial charge is 1.00 e. The summed E-state index contributed by atoms with van der Waals surface area (Å²) >= 11 is 0. The summed E-state index contributed by atoms with van der Waals surface area (Å²) < 4.78 is 0. The molecule has 0 atom stereocenters. The molecule has 0 aliphatic rings. The second-order valence-electron chi connectivity index (χ2n) is 1.59. The van der Waals surface area contributed by atoms with E-state index in [0.717, 1.165) is 0 Å². The number of nitrogen functional groups attached to an aromatic ring is 1. The number of benzene rings is 1. The summed E-state index contributed by atoms with van der Waals surface area (Å²) in [5.74, 6) is 0.213. The zero-order valence-electron chi connectivity index (χ0n) is 5.33. The molecule has 0 radical (unpaired) electrons. The first kappa shape index (κ1) is 8.82. The summed E-state index contributed by atoms with van der Waals surface area (Å²) in [5.41, 5.74) is 5.89. The standard InChI is InChI=1S/C6H7NO.Na/c7-5-2-1-3-6(8)4-5;/h1-4,8H,7H2;/q;+1. The van der Waals surface area contributed by atoms with Crippen LogP contribution in [0.1, 0.15) is 0 Å². The van der Waals surface area contributed by atoms with Crippen molar-refractivity contribution in [2.24, 2.45) is 0 Å². The van der Waals surface area contributed by atoms with Gasteiger partial charge in [-0.15, -0.1) is 0 Å². The van der Waals surface area contributed by atoms with E-state index in [1.54, 1.807) is 18.2 Å². The molecule has 0 bridgehead atoms. The molecule has 2 nitrogen and oxygen atoms in total. The summed E-state index contributed by atoms with van der Waals surface area (Å²) in [7, 11) is 0. The molecule has 3 N–H and O–H groups in total. The Bertz CT molecular complexity index is 173. The predicted molar refractivity (Wildman–Crippen MR) is 32.5 cm³/mol. The van der Waals surface area contributed by atoms with Crippen molar-refractivity contribution in [3.63, 3.8) is 0 Å². The molecule has 1 aromatic rings. The van der Waals surface area contributed by atoms with E-state index in [4.69, 9.17) is 10.8 Å². The van der Waals surface area contributed by atoms with Crippen LogP contribution in [0, 0.1) is 0 Å². The fourth-order valence-electron chi connectivity index (χ4n) is 0.525. The Morgan fingerprint density at radius 3 is 2.33 bits per heavy atom. The second-order valence-corrected chi connectivity index (χ2v) is 1.59. The Kier molecular flexibility index (Phi) is 3.70. The summed E-state index contributed by atoms with van der Waals surface area (Å²) in [6.45, 7) is 0. The number of anilines is 1. The minimum Gasteiger partial charge on any atom is -0.508 e. The van der Waals surface area contributed by atoms with Gasteiger partial charge in [0.2, 0.25) is 0 Å². The molecule has 0 fully saturated rings. The van der Waals surface area contributed by atoms with Gasteiger partial charge in [-0.3, -0.25) is 0 Å². The van der Waals surface area contributed by atoms with Gasteiger partial charge in [0.25, 0.3) is 0 Å². The minimum atomic E-state index is 0. The van der Waals surface area contributed by atoms with E-state index in [0.29, 0.717) is 5.69 Å². The van der Waals surface area contributed by atoms with Crippen LogP contribution in [0.2, 0.25) is 0 Å². The van der Waals surface area contributed by atoms with Crippen LogP contribution in [-0.2, 0) is 0 Å². The van der Waals surface area contributed by atoms with Gasteiger partial charge in [-0.05, 0) is 12.1 Å². The molecule has 0 aliphatic carbocycles. The van der Waals surface area contributed by atoms with Crippen molar-refractivity contribution >= 4 is 5.69 Å². The smallest absolute Gasteiger partial charge is 0.508 e. The first-order valence-corrected chi connectivity index (χ1v) is 2.33. The van der Waals surface area contributed by atoms with Crippen LogP contribution in [0.4, 0.5) is 5.69 Å². The van der Waals surface area contributed by atoms with E-state index in [1.807, 2.05) is 0 Å². The van der Waals surface area contributed by atoms with Crippen molar-refractivity contribution in [1.29, 1.82) is 0 Å². The number of phenolic OH excluding ortho intramolecular Hbond substituents is 1. The van der Waals surface area contributed by atoms with Crippen LogP contribution in [0.25, 0.3) is 0 Å². The maximum absolute atomic E-state index is 8.73. The fraction of sp³-hybridized carbons (Fsp3) is 0. The van der Waals surface area contributed by atoms with E-state index >= 15 is 0 Å². The van der Waals surface area contributed by atoms with Crippen molar-refractivity contribution in [2.75, 3.05) is 5.73 Å². The third kappa shape index (κ3) is 2.75. The predicted octanol–water partition coefficient (Wildman–Crippen LogP) is -2.02. The second kappa shape index (κ2) is 3.77. The van der Waals surface area contributed by atoms with Gasteiger partial charge >= 0.3 is 29.6 Å². The Morgan fingerprint density at radius 1 is 1.33 bits per heavy atom. The van der Waals surface area contributed by atoms with E-state index in [2.05, 4.69) is 0 Å². The van der Waals surface area contributed by atoms with Crippen LogP contribution in [0.5, 0.6) is 5.75 Å². The molecule has 0 saturated carbocycles. The SMILES string of the molecule is Nc1cccc(O)c1.[Na+]. The van der Waals surface area contributed by atoms with Crippen LogP contribution >= 0.6 is 0 Å². The number of rotatable bonds is 0. The fourth-order valence-corrected chi connectivity index (χ4v) is 0.525. The van der Waals surface area contributed by atoms with Gasteiger partial charge in [-0.2, -0.15) is 0 Å². The summed E-state index contributed by atoms with van der Waals surface area (Å²) in [5, 5.41) is 8.73. The van der Waals surface area contributed by atoms with Crippen molar-refractivity contribution in [3.8, 4) is 5.75 Å². The summed E-state index contributed by atoms with van der Waals surface area (Å²) in [4.78, 5) is 0. The number of nitrogens with two attached hydrogens (primary N) is 1. The molecule has 0 aromatic heterocycles. The average molecular weight is 132 g/mol. The van der Waals surface area contributed by atoms with Crippen molar-refractivity contribution < 1.29 is 34.7 Å².